The third-order valence-corrected chi connectivity index (χ3v) is 4.95. The van der Waals surface area contributed by atoms with Gasteiger partial charge in [-0.05, 0) is 47.3 Å². The van der Waals surface area contributed by atoms with Gasteiger partial charge in [0.1, 0.15) is 0 Å². The maximum absolute atomic E-state index is 12.0. The topological polar surface area (TPSA) is 72.2 Å². The molecule has 0 radical (unpaired) electrons. The molecule has 0 bridgehead atoms. The molecule has 0 saturated heterocycles. The minimum Gasteiger partial charge on any atom is -0.393 e. The Labute approximate surface area is 121 Å². The van der Waals surface area contributed by atoms with Gasteiger partial charge in [-0.1, -0.05) is 24.4 Å². The first-order valence-electron chi connectivity index (χ1n) is 5.46. The van der Waals surface area contributed by atoms with E-state index in [1.807, 2.05) is 0 Å². The minimum absolute atomic E-state index is 0.249. The second-order valence-corrected chi connectivity index (χ2v) is 6.87. The molecule has 1 rings (SSSR count). The fourth-order valence-electron chi connectivity index (χ4n) is 1.37. The van der Waals surface area contributed by atoms with Crippen LogP contribution in [0.15, 0.2) is 33.6 Å². The highest BCUT2D eigenvalue weighted by atomic mass is 79.9. The van der Waals surface area contributed by atoms with E-state index in [1.165, 1.54) is 0 Å². The van der Waals surface area contributed by atoms with Gasteiger partial charge >= 0.3 is 0 Å². The molecule has 0 spiro atoms. The number of sulfonamides is 1. The van der Waals surface area contributed by atoms with Crippen LogP contribution in [-0.4, -0.2) is 20.0 Å². The Morgan fingerprint density at radius 2 is 2.00 bits per heavy atom. The van der Waals surface area contributed by atoms with E-state index in [-0.39, 0.29) is 4.90 Å². The maximum Gasteiger partial charge on any atom is 0.241 e. The van der Waals surface area contributed by atoms with Crippen LogP contribution in [0.4, 0.5) is 0 Å². The molecule has 3 N–H and O–H groups in total. The fraction of sp³-hybridized carbons (Fsp3) is 0.364. The zero-order valence-electron chi connectivity index (χ0n) is 9.73. The van der Waals surface area contributed by atoms with Crippen LogP contribution in [0.25, 0.3) is 0 Å². The van der Waals surface area contributed by atoms with Crippen LogP contribution in [0, 0.1) is 0 Å². The zero-order chi connectivity index (χ0) is 13.6. The van der Waals surface area contributed by atoms with Gasteiger partial charge < -0.3 is 5.73 Å². The molecule has 0 unspecified atom stereocenters. The van der Waals surface area contributed by atoms with Gasteiger partial charge in [0.25, 0.3) is 0 Å². The van der Waals surface area contributed by atoms with Crippen molar-refractivity contribution in [2.24, 2.45) is 5.73 Å². The molecule has 0 aromatic heterocycles. The van der Waals surface area contributed by atoms with Gasteiger partial charge in [0, 0.05) is 11.0 Å². The average molecular weight is 351 g/mol. The first kappa shape index (κ1) is 15.6. The summed E-state index contributed by atoms with van der Waals surface area (Å²) in [6, 6.07) is 6.71. The summed E-state index contributed by atoms with van der Waals surface area (Å²) in [6.07, 6.45) is 2.14. The third-order valence-electron chi connectivity index (χ3n) is 2.27. The highest BCUT2D eigenvalue weighted by Crippen LogP contribution is 2.20. The lowest BCUT2D eigenvalue weighted by molar-refractivity contribution is 0.577. The first-order chi connectivity index (χ1) is 8.43. The Kier molecular flexibility index (Phi) is 6.20. The van der Waals surface area contributed by atoms with E-state index >= 15 is 0 Å². The van der Waals surface area contributed by atoms with Crippen LogP contribution in [0.2, 0.25) is 0 Å². The minimum atomic E-state index is -3.45. The van der Waals surface area contributed by atoms with Crippen LogP contribution >= 0.6 is 28.1 Å². The number of hydrogen-bond donors (Lipinski definition) is 2. The van der Waals surface area contributed by atoms with Crippen molar-refractivity contribution in [2.75, 3.05) is 6.54 Å². The van der Waals surface area contributed by atoms with E-state index in [4.69, 9.17) is 18.0 Å². The van der Waals surface area contributed by atoms with Gasteiger partial charge in [-0.25, -0.2) is 13.1 Å². The van der Waals surface area contributed by atoms with Crippen molar-refractivity contribution in [1.82, 2.24) is 4.72 Å². The monoisotopic (exact) mass is 350 g/mol. The molecular weight excluding hydrogens is 336 g/mol. The molecule has 0 amide bonds. The van der Waals surface area contributed by atoms with Gasteiger partial charge in [-0.15, -0.1) is 0 Å². The summed E-state index contributed by atoms with van der Waals surface area (Å²) in [5.74, 6) is 0. The molecule has 0 heterocycles. The van der Waals surface area contributed by atoms with Crippen molar-refractivity contribution < 1.29 is 8.42 Å². The second-order valence-electron chi connectivity index (χ2n) is 3.75. The summed E-state index contributed by atoms with van der Waals surface area (Å²) < 4.78 is 27.0. The number of hydrogen-bond acceptors (Lipinski definition) is 3. The van der Waals surface area contributed by atoms with Crippen molar-refractivity contribution in [2.45, 2.75) is 24.2 Å². The SMILES string of the molecule is NC(=S)CCCCNS(=O)(=O)c1ccccc1Br. The third kappa shape index (κ3) is 5.01. The summed E-state index contributed by atoms with van der Waals surface area (Å²) >= 11 is 7.97. The molecule has 0 aliphatic carbocycles. The van der Waals surface area contributed by atoms with E-state index < -0.39 is 10.0 Å². The maximum atomic E-state index is 12.0. The van der Waals surface area contributed by atoms with Gasteiger partial charge in [-0.2, -0.15) is 0 Å². The highest BCUT2D eigenvalue weighted by molar-refractivity contribution is 9.10. The molecular formula is C11H15BrN2O2S2. The van der Waals surface area contributed by atoms with E-state index in [1.54, 1.807) is 24.3 Å². The summed E-state index contributed by atoms with van der Waals surface area (Å²) in [5, 5.41) is 0. The Morgan fingerprint density at radius 3 is 2.61 bits per heavy atom. The molecule has 0 aliphatic heterocycles. The van der Waals surface area contributed by atoms with Crippen molar-refractivity contribution >= 4 is 43.2 Å². The van der Waals surface area contributed by atoms with Crippen LogP contribution in [0.5, 0.6) is 0 Å². The Hall–Kier alpha value is -0.500. The van der Waals surface area contributed by atoms with Crippen LogP contribution < -0.4 is 10.5 Å². The highest BCUT2D eigenvalue weighted by Gasteiger charge is 2.15. The normalized spacial score (nSPS) is 11.4. The molecule has 4 nitrogen and oxygen atoms in total. The lowest BCUT2D eigenvalue weighted by Crippen LogP contribution is -2.25. The lowest BCUT2D eigenvalue weighted by atomic mass is 10.2. The zero-order valence-corrected chi connectivity index (χ0v) is 12.9. The summed E-state index contributed by atoms with van der Waals surface area (Å²) in [5.41, 5.74) is 5.36. The Balaban J connectivity index is 2.51. The summed E-state index contributed by atoms with van der Waals surface area (Å²) in [7, 11) is -3.45. The molecule has 1 aromatic carbocycles. The van der Waals surface area contributed by atoms with E-state index in [2.05, 4.69) is 20.7 Å². The molecule has 0 aliphatic rings. The Bertz CT molecular complexity index is 518. The average Bonchev–Trinajstić information content (AvgIpc) is 2.28. The number of unbranched alkanes of at least 4 members (excludes halogenated alkanes) is 1. The van der Waals surface area contributed by atoms with Gasteiger partial charge in [0.2, 0.25) is 10.0 Å². The van der Waals surface area contributed by atoms with Crippen LogP contribution in [0.3, 0.4) is 0 Å². The van der Waals surface area contributed by atoms with Gasteiger partial charge in [0.15, 0.2) is 0 Å². The predicted molar refractivity (Wildman–Crippen MR) is 80.0 cm³/mol. The van der Waals surface area contributed by atoms with Crippen LogP contribution in [-0.2, 0) is 10.0 Å². The quantitative estimate of drug-likeness (QED) is 0.583. The first-order valence-corrected chi connectivity index (χ1v) is 8.14. The standard InChI is InChI=1S/C11H15BrN2O2S2/c12-9-5-1-2-6-10(9)18(15,16)14-8-4-3-7-11(13)17/h1-2,5-6,14H,3-4,7-8H2,(H2,13,17). The van der Waals surface area contributed by atoms with Crippen molar-refractivity contribution in [1.29, 1.82) is 0 Å². The van der Waals surface area contributed by atoms with E-state index in [0.29, 0.717) is 28.8 Å². The van der Waals surface area contributed by atoms with Gasteiger partial charge in [0.05, 0.1) is 9.88 Å². The summed E-state index contributed by atoms with van der Waals surface area (Å²) in [4.78, 5) is 0.711. The molecule has 7 heteroatoms. The molecule has 0 fully saturated rings. The van der Waals surface area contributed by atoms with Crippen molar-refractivity contribution in [3.8, 4) is 0 Å². The second kappa shape index (κ2) is 7.18. The van der Waals surface area contributed by atoms with Gasteiger partial charge in [-0.3, -0.25) is 0 Å². The number of nitrogens with two attached hydrogens (primary N) is 1. The molecule has 18 heavy (non-hydrogen) atoms. The number of halogens is 1. The molecule has 100 valence electrons. The molecule has 1 aromatic rings. The van der Waals surface area contributed by atoms with Crippen molar-refractivity contribution in [3.05, 3.63) is 28.7 Å². The number of thiocarbonyl (C=S) groups is 1. The smallest absolute Gasteiger partial charge is 0.241 e. The van der Waals surface area contributed by atoms with E-state index in [9.17, 15) is 8.42 Å². The number of nitrogens with one attached hydrogen (secondary N) is 1. The molecule has 0 atom stereocenters. The number of benzene rings is 1. The largest absolute Gasteiger partial charge is 0.393 e. The molecule has 0 saturated carbocycles. The number of rotatable bonds is 7. The Morgan fingerprint density at radius 1 is 1.33 bits per heavy atom. The fourth-order valence-corrected chi connectivity index (χ4v) is 3.59. The summed E-state index contributed by atoms with van der Waals surface area (Å²) in [6.45, 7) is 0.381. The lowest BCUT2D eigenvalue weighted by Gasteiger charge is -2.08. The van der Waals surface area contributed by atoms with Crippen molar-refractivity contribution in [3.63, 3.8) is 0 Å². The van der Waals surface area contributed by atoms with Crippen LogP contribution in [0.1, 0.15) is 19.3 Å². The predicted octanol–water partition coefficient (Wildman–Crippen LogP) is 2.18. The van der Waals surface area contributed by atoms with E-state index in [0.717, 1.165) is 6.42 Å².